The van der Waals surface area contributed by atoms with Gasteiger partial charge >= 0.3 is 0 Å². The van der Waals surface area contributed by atoms with Gasteiger partial charge in [-0.05, 0) is 13.8 Å². The molecule has 5 atom stereocenters. The first-order valence-electron chi connectivity index (χ1n) is 6.04. The number of hydrogen-bond donors (Lipinski definition) is 5. The highest BCUT2D eigenvalue weighted by atomic mass is 16.4. The normalized spacial score (nSPS) is 19.5. The van der Waals surface area contributed by atoms with Crippen LogP contribution < -0.4 is 0 Å². The summed E-state index contributed by atoms with van der Waals surface area (Å²) in [6, 6.07) is 0. The van der Waals surface area contributed by atoms with E-state index in [9.17, 15) is 15.3 Å². The van der Waals surface area contributed by atoms with Gasteiger partial charge in [-0.15, -0.1) is 0 Å². The third kappa shape index (κ3) is 4.48. The van der Waals surface area contributed by atoms with Gasteiger partial charge in [-0.25, -0.2) is 0 Å². The molecule has 1 heterocycles. The van der Waals surface area contributed by atoms with Crippen molar-refractivity contribution in [3.8, 4) is 0 Å². The highest BCUT2D eigenvalue weighted by Crippen LogP contribution is 2.16. The molecule has 7 nitrogen and oxygen atoms in total. The van der Waals surface area contributed by atoms with Crippen LogP contribution in [0.3, 0.4) is 0 Å². The van der Waals surface area contributed by atoms with Crippen LogP contribution in [-0.2, 0) is 6.42 Å². The lowest BCUT2D eigenvalue weighted by Crippen LogP contribution is -2.30. The zero-order valence-corrected chi connectivity index (χ0v) is 10.9. The fraction of sp³-hybridized carbons (Fsp3) is 0.667. The maximum Gasteiger partial charge on any atom is 0.126 e. The zero-order valence-electron chi connectivity index (χ0n) is 10.9. The third-order valence-electron chi connectivity index (χ3n) is 2.82. The van der Waals surface area contributed by atoms with Gasteiger partial charge in [0.05, 0.1) is 35.9 Å². The smallest absolute Gasteiger partial charge is 0.126 e. The molecule has 1 rings (SSSR count). The first kappa shape index (κ1) is 15.9. The maximum absolute atomic E-state index is 9.72. The Morgan fingerprint density at radius 2 is 1.58 bits per heavy atom. The number of aliphatic hydroxyl groups excluding tert-OH is 5. The van der Waals surface area contributed by atoms with Crippen molar-refractivity contribution in [1.29, 1.82) is 0 Å². The minimum atomic E-state index is -1.34. The van der Waals surface area contributed by atoms with Crippen LogP contribution in [0.4, 0.5) is 0 Å². The Morgan fingerprint density at radius 1 is 0.947 bits per heavy atom. The van der Waals surface area contributed by atoms with Gasteiger partial charge in [0, 0.05) is 12.6 Å². The Hall–Kier alpha value is -1.12. The molecule has 108 valence electrons. The summed E-state index contributed by atoms with van der Waals surface area (Å²) in [5, 5.41) is 47.0. The van der Waals surface area contributed by atoms with Crippen LogP contribution >= 0.6 is 0 Å². The van der Waals surface area contributed by atoms with Crippen molar-refractivity contribution >= 4 is 0 Å². The van der Waals surface area contributed by atoms with E-state index in [2.05, 4.69) is 9.97 Å². The number of aliphatic hydroxyl groups is 5. The summed E-state index contributed by atoms with van der Waals surface area (Å²) < 4.78 is 0. The first-order valence-corrected chi connectivity index (χ1v) is 6.04. The van der Waals surface area contributed by atoms with E-state index in [0.717, 1.165) is 0 Å². The summed E-state index contributed by atoms with van der Waals surface area (Å²) in [5.41, 5.74) is 0.583. The molecule has 1 aromatic heterocycles. The van der Waals surface area contributed by atoms with E-state index in [1.165, 1.54) is 26.2 Å². The molecule has 0 saturated heterocycles. The van der Waals surface area contributed by atoms with Gasteiger partial charge in [0.25, 0.3) is 0 Å². The van der Waals surface area contributed by atoms with Crippen LogP contribution in [0, 0.1) is 0 Å². The molecule has 0 aromatic carbocycles. The van der Waals surface area contributed by atoms with Crippen molar-refractivity contribution in [2.45, 2.75) is 50.8 Å². The molecule has 0 amide bonds. The molecule has 0 aliphatic carbocycles. The standard InChI is InChI=1S/C12H20N2O5/c1-6(15)10(17)3-8-4-14-9(5-13-8)12(19)11(18)7(2)16/h4-7,10-12,15-19H,3H2,1-2H3/t6-,7-,10+,11-,12+/m0/s1. The molecule has 0 fully saturated rings. The molecule has 7 heteroatoms. The van der Waals surface area contributed by atoms with Crippen molar-refractivity contribution in [2.24, 2.45) is 0 Å². The fourth-order valence-corrected chi connectivity index (χ4v) is 1.45. The molecule has 19 heavy (non-hydrogen) atoms. The molecule has 0 bridgehead atoms. The number of nitrogens with zero attached hydrogens (tertiary/aromatic N) is 2. The quantitative estimate of drug-likeness (QED) is 0.428. The Bertz CT molecular complexity index is 382. The minimum absolute atomic E-state index is 0.128. The van der Waals surface area contributed by atoms with Crippen LogP contribution in [0.15, 0.2) is 12.4 Å². The van der Waals surface area contributed by atoms with E-state index in [-0.39, 0.29) is 12.1 Å². The number of hydrogen-bond acceptors (Lipinski definition) is 7. The summed E-state index contributed by atoms with van der Waals surface area (Å²) in [4.78, 5) is 7.90. The Kier molecular flexibility index (Phi) is 5.77. The van der Waals surface area contributed by atoms with E-state index in [0.29, 0.717) is 5.69 Å². The molecular weight excluding hydrogens is 252 g/mol. The Labute approximate surface area is 111 Å². The lowest BCUT2D eigenvalue weighted by atomic mass is 10.1. The van der Waals surface area contributed by atoms with E-state index in [1.54, 1.807) is 0 Å². The fourth-order valence-electron chi connectivity index (χ4n) is 1.45. The molecule has 0 unspecified atom stereocenters. The molecule has 1 aromatic rings. The molecule has 0 spiro atoms. The van der Waals surface area contributed by atoms with Crippen LogP contribution in [0.25, 0.3) is 0 Å². The first-order chi connectivity index (χ1) is 8.82. The van der Waals surface area contributed by atoms with E-state index >= 15 is 0 Å². The van der Waals surface area contributed by atoms with Crippen molar-refractivity contribution in [2.75, 3.05) is 0 Å². The Balaban J connectivity index is 2.71. The second-order valence-corrected chi connectivity index (χ2v) is 4.62. The van der Waals surface area contributed by atoms with Crippen LogP contribution in [-0.4, -0.2) is 59.9 Å². The average molecular weight is 272 g/mol. The molecule has 0 aliphatic heterocycles. The SMILES string of the molecule is C[C@H](O)[C@H](O)[C@H](O)c1cnc(C[C@@H](O)[C@H](C)O)cn1. The van der Waals surface area contributed by atoms with Crippen molar-refractivity contribution in [3.63, 3.8) is 0 Å². The van der Waals surface area contributed by atoms with Gasteiger partial charge in [-0.3, -0.25) is 9.97 Å². The summed E-state index contributed by atoms with van der Waals surface area (Å²) in [6.45, 7) is 2.82. The van der Waals surface area contributed by atoms with Crippen molar-refractivity contribution in [3.05, 3.63) is 23.8 Å². The third-order valence-corrected chi connectivity index (χ3v) is 2.82. The van der Waals surface area contributed by atoms with Gasteiger partial charge in [0.1, 0.15) is 12.2 Å². The summed E-state index contributed by atoms with van der Waals surface area (Å²) in [6.07, 6.45) is -2.82. The van der Waals surface area contributed by atoms with Gasteiger partial charge in [0.15, 0.2) is 0 Å². The highest BCUT2D eigenvalue weighted by Gasteiger charge is 2.24. The minimum Gasteiger partial charge on any atom is -0.391 e. The van der Waals surface area contributed by atoms with E-state index in [1.807, 2.05) is 0 Å². The lowest BCUT2D eigenvalue weighted by molar-refractivity contribution is -0.0549. The monoisotopic (exact) mass is 272 g/mol. The van der Waals surface area contributed by atoms with Crippen molar-refractivity contribution in [1.82, 2.24) is 9.97 Å². The van der Waals surface area contributed by atoms with E-state index in [4.69, 9.17) is 10.2 Å². The van der Waals surface area contributed by atoms with Gasteiger partial charge < -0.3 is 25.5 Å². The molecule has 0 aliphatic rings. The van der Waals surface area contributed by atoms with Gasteiger partial charge in [-0.2, -0.15) is 0 Å². The highest BCUT2D eigenvalue weighted by molar-refractivity contribution is 5.07. The topological polar surface area (TPSA) is 127 Å². The second-order valence-electron chi connectivity index (χ2n) is 4.62. The van der Waals surface area contributed by atoms with Gasteiger partial charge in [0.2, 0.25) is 0 Å². The molecular formula is C12H20N2O5. The predicted octanol–water partition coefficient (Wildman–Crippen LogP) is -1.46. The average Bonchev–Trinajstić information content (AvgIpc) is 2.37. The summed E-state index contributed by atoms with van der Waals surface area (Å²) in [7, 11) is 0. The van der Waals surface area contributed by atoms with Gasteiger partial charge in [-0.1, -0.05) is 0 Å². The van der Waals surface area contributed by atoms with Crippen molar-refractivity contribution < 1.29 is 25.5 Å². The van der Waals surface area contributed by atoms with E-state index < -0.39 is 30.5 Å². The molecule has 0 saturated carbocycles. The maximum atomic E-state index is 9.72. The summed E-state index contributed by atoms with van der Waals surface area (Å²) in [5.74, 6) is 0. The largest absolute Gasteiger partial charge is 0.391 e. The predicted molar refractivity (Wildman–Crippen MR) is 66.1 cm³/mol. The second kappa shape index (κ2) is 6.88. The lowest BCUT2D eigenvalue weighted by Gasteiger charge is -2.19. The molecule has 5 N–H and O–H groups in total. The van der Waals surface area contributed by atoms with Crippen LogP contribution in [0.5, 0.6) is 0 Å². The molecule has 0 radical (unpaired) electrons. The number of aromatic nitrogens is 2. The van der Waals surface area contributed by atoms with Crippen LogP contribution in [0.1, 0.15) is 31.3 Å². The van der Waals surface area contributed by atoms with Crippen LogP contribution in [0.2, 0.25) is 0 Å². The summed E-state index contributed by atoms with van der Waals surface area (Å²) >= 11 is 0. The Morgan fingerprint density at radius 3 is 2.00 bits per heavy atom. The zero-order chi connectivity index (χ0) is 14.6. The number of rotatable bonds is 6.